The number of hydrogen-bond acceptors (Lipinski definition) is 6. The number of pyridine rings is 2. The fourth-order valence-electron chi connectivity index (χ4n) is 4.50. The van der Waals surface area contributed by atoms with Crippen molar-refractivity contribution in [1.82, 2.24) is 19.5 Å². The van der Waals surface area contributed by atoms with E-state index >= 15 is 0 Å². The number of ether oxygens (including phenoxy) is 2. The van der Waals surface area contributed by atoms with Crippen LogP contribution in [-0.4, -0.2) is 62.1 Å². The number of hydrogen-bond donors (Lipinski definition) is 2. The molecule has 156 valence electrons. The average Bonchev–Trinajstić information content (AvgIpc) is 3.07. The second-order valence-corrected chi connectivity index (χ2v) is 7.92. The number of anilines is 1. The molecule has 5 heterocycles. The maximum atomic E-state index is 11.6. The van der Waals surface area contributed by atoms with Crippen LogP contribution in [0, 0.1) is 6.92 Å². The summed E-state index contributed by atoms with van der Waals surface area (Å²) < 4.78 is 13.7. The summed E-state index contributed by atoms with van der Waals surface area (Å²) in [5, 5.41) is 13.8. The van der Waals surface area contributed by atoms with Crippen molar-refractivity contribution in [2.24, 2.45) is 0 Å². The highest BCUT2D eigenvalue weighted by atomic mass is 16.5. The Balaban J connectivity index is 1.45. The molecule has 3 aromatic rings. The zero-order valence-corrected chi connectivity index (χ0v) is 16.6. The predicted molar refractivity (Wildman–Crippen MR) is 109 cm³/mol. The van der Waals surface area contributed by atoms with E-state index in [4.69, 9.17) is 15.2 Å². The number of fused-ring (bicyclic) bond motifs is 3. The molecule has 2 aliphatic rings. The number of morpholine rings is 1. The molecule has 9 nitrogen and oxygen atoms in total. The molecule has 0 spiro atoms. The van der Waals surface area contributed by atoms with Crippen LogP contribution in [-0.2, 0) is 4.74 Å². The zero-order chi connectivity index (χ0) is 20.8. The van der Waals surface area contributed by atoms with E-state index in [1.165, 1.54) is 4.90 Å². The minimum Gasteiger partial charge on any atom is -0.488 e. The molecule has 1 amide bonds. The quantitative estimate of drug-likeness (QED) is 0.683. The Morgan fingerprint density at radius 1 is 1.27 bits per heavy atom. The Morgan fingerprint density at radius 3 is 2.77 bits per heavy atom. The van der Waals surface area contributed by atoms with Gasteiger partial charge in [0.2, 0.25) is 0 Å². The van der Waals surface area contributed by atoms with E-state index in [0.717, 1.165) is 22.3 Å². The number of aryl methyl sites for hydroxylation is 1. The van der Waals surface area contributed by atoms with Crippen LogP contribution in [0.2, 0.25) is 0 Å². The van der Waals surface area contributed by atoms with Gasteiger partial charge in [0.25, 0.3) is 0 Å². The molecule has 0 aromatic carbocycles. The fraction of sp³-hybridized carbons (Fsp3) is 0.381. The highest BCUT2D eigenvalue weighted by molar-refractivity contribution is 5.74. The third kappa shape index (κ3) is 3.30. The Kier molecular flexibility index (Phi) is 4.47. The van der Waals surface area contributed by atoms with Crippen molar-refractivity contribution < 1.29 is 19.4 Å². The maximum Gasteiger partial charge on any atom is 0.407 e. The van der Waals surface area contributed by atoms with Crippen molar-refractivity contribution in [2.75, 3.05) is 18.9 Å². The van der Waals surface area contributed by atoms with E-state index in [-0.39, 0.29) is 18.2 Å². The molecule has 2 bridgehead atoms. The van der Waals surface area contributed by atoms with Crippen molar-refractivity contribution in [3.05, 3.63) is 42.4 Å². The number of amides is 1. The van der Waals surface area contributed by atoms with Crippen LogP contribution in [0.5, 0.6) is 5.75 Å². The number of carboxylic acid groups (broad SMARTS) is 1. The van der Waals surface area contributed by atoms with Crippen LogP contribution in [0.15, 0.2) is 36.7 Å². The Bertz CT molecular complexity index is 1100. The molecule has 2 saturated heterocycles. The lowest BCUT2D eigenvalue weighted by Gasteiger charge is -2.46. The van der Waals surface area contributed by atoms with Gasteiger partial charge in [-0.25, -0.2) is 9.31 Å². The van der Waals surface area contributed by atoms with Gasteiger partial charge in [-0.05, 0) is 30.7 Å². The standard InChI is InChI=1S/C21H23N5O4/c1-12-4-18(13-2-3-25-14(5-13)8-20(22)24-25)19(9-23-12)30-17-6-15-10-29-11-16(7-17)26(15)21(27)28/h2-5,8-9,15-17H,6-7,10-11H2,1H3,(H2,22,24)(H,27,28)/t15-,16?,17?/m0/s1. The number of nitrogens with two attached hydrogens (primary N) is 1. The minimum absolute atomic E-state index is 0.0999. The lowest BCUT2D eigenvalue weighted by Crippen LogP contribution is -2.60. The van der Waals surface area contributed by atoms with Gasteiger partial charge in [-0.2, -0.15) is 5.10 Å². The van der Waals surface area contributed by atoms with Gasteiger partial charge in [-0.3, -0.25) is 9.88 Å². The van der Waals surface area contributed by atoms with Crippen molar-refractivity contribution in [1.29, 1.82) is 0 Å². The van der Waals surface area contributed by atoms with Gasteiger partial charge in [-0.15, -0.1) is 0 Å². The number of nitrogen functional groups attached to an aromatic ring is 1. The lowest BCUT2D eigenvalue weighted by atomic mass is 9.92. The van der Waals surface area contributed by atoms with E-state index in [1.54, 1.807) is 10.7 Å². The van der Waals surface area contributed by atoms with Gasteiger partial charge >= 0.3 is 6.09 Å². The summed E-state index contributed by atoms with van der Waals surface area (Å²) >= 11 is 0. The largest absolute Gasteiger partial charge is 0.488 e. The van der Waals surface area contributed by atoms with Gasteiger partial charge in [-0.1, -0.05) is 0 Å². The molecule has 3 N–H and O–H groups in total. The monoisotopic (exact) mass is 409 g/mol. The molecule has 0 radical (unpaired) electrons. The third-order valence-corrected chi connectivity index (χ3v) is 5.79. The fourth-order valence-corrected chi connectivity index (χ4v) is 4.50. The van der Waals surface area contributed by atoms with E-state index in [1.807, 2.05) is 37.4 Å². The first-order chi connectivity index (χ1) is 14.5. The molecule has 0 saturated carbocycles. The normalized spacial score (nSPS) is 23.5. The minimum atomic E-state index is -0.891. The molecule has 2 unspecified atom stereocenters. The summed E-state index contributed by atoms with van der Waals surface area (Å²) in [5.41, 5.74) is 9.51. The maximum absolute atomic E-state index is 11.6. The van der Waals surface area contributed by atoms with Gasteiger partial charge in [0.15, 0.2) is 0 Å². The van der Waals surface area contributed by atoms with Crippen LogP contribution in [0.4, 0.5) is 10.6 Å². The van der Waals surface area contributed by atoms with Gasteiger partial charge in [0, 0.05) is 36.4 Å². The molecule has 5 rings (SSSR count). The van der Waals surface area contributed by atoms with Gasteiger partial charge in [0.05, 0.1) is 37.0 Å². The van der Waals surface area contributed by atoms with Gasteiger partial charge < -0.3 is 20.3 Å². The molecule has 0 aliphatic carbocycles. The second kappa shape index (κ2) is 7.17. The van der Waals surface area contributed by atoms with Crippen LogP contribution in [0.25, 0.3) is 16.6 Å². The highest BCUT2D eigenvalue weighted by Crippen LogP contribution is 2.35. The van der Waals surface area contributed by atoms with E-state index in [9.17, 15) is 9.90 Å². The van der Waals surface area contributed by atoms with Crippen LogP contribution in [0.1, 0.15) is 18.5 Å². The molecule has 2 aliphatic heterocycles. The van der Waals surface area contributed by atoms with Crippen LogP contribution >= 0.6 is 0 Å². The van der Waals surface area contributed by atoms with Gasteiger partial charge in [0.1, 0.15) is 17.7 Å². The lowest BCUT2D eigenvalue weighted by molar-refractivity contribution is -0.0857. The third-order valence-electron chi connectivity index (χ3n) is 5.79. The first-order valence-electron chi connectivity index (χ1n) is 9.95. The molecular weight excluding hydrogens is 386 g/mol. The Hall–Kier alpha value is -3.33. The van der Waals surface area contributed by atoms with Crippen molar-refractivity contribution in [3.8, 4) is 16.9 Å². The highest BCUT2D eigenvalue weighted by Gasteiger charge is 2.42. The zero-order valence-electron chi connectivity index (χ0n) is 16.6. The van der Waals surface area contributed by atoms with E-state index < -0.39 is 6.09 Å². The Labute approximate surface area is 173 Å². The molecule has 3 aromatic heterocycles. The van der Waals surface area contributed by atoms with Crippen molar-refractivity contribution in [3.63, 3.8) is 0 Å². The molecule has 2 fully saturated rings. The summed E-state index contributed by atoms with van der Waals surface area (Å²) in [4.78, 5) is 17.6. The summed E-state index contributed by atoms with van der Waals surface area (Å²) in [6.07, 6.45) is 3.81. The van der Waals surface area contributed by atoms with Crippen LogP contribution in [0.3, 0.4) is 0 Å². The van der Waals surface area contributed by atoms with Crippen LogP contribution < -0.4 is 10.5 Å². The first kappa shape index (κ1) is 18.7. The number of rotatable bonds is 3. The molecule has 3 atom stereocenters. The number of carbonyl (C=O) groups is 1. The molecule has 30 heavy (non-hydrogen) atoms. The predicted octanol–water partition coefficient (Wildman–Crippen LogP) is 2.58. The summed E-state index contributed by atoms with van der Waals surface area (Å²) in [7, 11) is 0. The summed E-state index contributed by atoms with van der Waals surface area (Å²) in [6, 6.07) is 7.43. The SMILES string of the molecule is Cc1cc(-c2ccn3nc(N)cc3c2)c(OC2CC3COC[C@H](C2)N3C(=O)O)cn1. The Morgan fingerprint density at radius 2 is 2.03 bits per heavy atom. The summed E-state index contributed by atoms with van der Waals surface area (Å²) in [6.45, 7) is 2.75. The van der Waals surface area contributed by atoms with Crippen molar-refractivity contribution >= 4 is 17.4 Å². The topological polar surface area (TPSA) is 115 Å². The smallest absolute Gasteiger partial charge is 0.407 e. The second-order valence-electron chi connectivity index (χ2n) is 7.92. The number of piperidine rings is 1. The molecule has 9 heteroatoms. The summed E-state index contributed by atoms with van der Waals surface area (Å²) in [5.74, 6) is 1.15. The first-order valence-corrected chi connectivity index (χ1v) is 9.95. The van der Waals surface area contributed by atoms with E-state index in [0.29, 0.717) is 37.6 Å². The molecular formula is C21H23N5O4. The van der Waals surface area contributed by atoms with Crippen molar-refractivity contribution in [2.45, 2.75) is 38.0 Å². The number of nitrogens with zero attached hydrogens (tertiary/aromatic N) is 4. The average molecular weight is 409 g/mol. The van der Waals surface area contributed by atoms with E-state index in [2.05, 4.69) is 10.1 Å². The number of aromatic nitrogens is 3.